The molecule has 4 rings (SSSR count). The van der Waals surface area contributed by atoms with E-state index in [1.165, 1.54) is 4.90 Å². The Morgan fingerprint density at radius 2 is 1.60 bits per heavy atom. The number of nitrogens with zero attached hydrogens (tertiary/aromatic N) is 2. The maximum atomic E-state index is 14.2. The van der Waals surface area contributed by atoms with E-state index in [4.69, 9.17) is 4.74 Å². The highest BCUT2D eigenvalue weighted by Crippen LogP contribution is 2.23. The molecule has 1 N–H and O–H groups in total. The predicted octanol–water partition coefficient (Wildman–Crippen LogP) is 4.72. The maximum Gasteiger partial charge on any atom is 0.244 e. The van der Waals surface area contributed by atoms with Gasteiger partial charge in [-0.2, -0.15) is 0 Å². The molecule has 9 heteroatoms. The summed E-state index contributed by atoms with van der Waals surface area (Å²) in [5.41, 5.74) is 3.14. The van der Waals surface area contributed by atoms with Crippen LogP contribution < -0.4 is 14.4 Å². The number of rotatable bonds is 13. The molecule has 224 valence electrons. The largest absolute Gasteiger partial charge is 0.497 e. The molecule has 3 aromatic carbocycles. The summed E-state index contributed by atoms with van der Waals surface area (Å²) >= 11 is 0. The Morgan fingerprint density at radius 1 is 0.929 bits per heavy atom. The van der Waals surface area contributed by atoms with Crippen LogP contribution in [0, 0.1) is 0 Å². The highest BCUT2D eigenvalue weighted by molar-refractivity contribution is 7.92. The number of hydrogen-bond acceptors (Lipinski definition) is 5. The zero-order valence-corrected chi connectivity index (χ0v) is 25.5. The molecule has 0 aliphatic heterocycles. The standard InChI is InChI=1S/C33H41N3O5S/c1-4-25-17-19-29(20-18-25)36(42(3,39)40)24-32(37)35(23-27-13-10-16-30(21-27)41-2)31(22-26-11-6-5-7-12-26)33(38)34-28-14-8-9-15-28/h5-7,10-13,16-21,28,31H,4,8-9,14-15,22-24H2,1-3H3,(H,34,38)/t31-/m0/s1. The van der Waals surface area contributed by atoms with Crippen molar-refractivity contribution in [2.24, 2.45) is 0 Å². The lowest BCUT2D eigenvalue weighted by molar-refractivity contribution is -0.140. The third kappa shape index (κ3) is 8.35. The van der Waals surface area contributed by atoms with Crippen molar-refractivity contribution < 1.29 is 22.7 Å². The number of benzene rings is 3. The molecule has 0 unspecified atom stereocenters. The molecule has 0 saturated heterocycles. The second-order valence-corrected chi connectivity index (χ2v) is 12.8. The minimum absolute atomic E-state index is 0.0640. The first-order valence-electron chi connectivity index (χ1n) is 14.5. The van der Waals surface area contributed by atoms with Crippen molar-refractivity contribution in [1.82, 2.24) is 10.2 Å². The third-order valence-electron chi connectivity index (χ3n) is 7.77. The summed E-state index contributed by atoms with van der Waals surface area (Å²) in [6, 6.07) is 23.3. The fourth-order valence-corrected chi connectivity index (χ4v) is 6.25. The van der Waals surface area contributed by atoms with Crippen molar-refractivity contribution in [3.63, 3.8) is 0 Å². The fourth-order valence-electron chi connectivity index (χ4n) is 5.40. The Bertz CT molecular complexity index is 1440. The van der Waals surface area contributed by atoms with Gasteiger partial charge < -0.3 is 15.0 Å². The highest BCUT2D eigenvalue weighted by atomic mass is 32.2. The fraction of sp³-hybridized carbons (Fsp3) is 0.394. The van der Waals surface area contributed by atoms with Crippen LogP contribution in [0.3, 0.4) is 0 Å². The van der Waals surface area contributed by atoms with Gasteiger partial charge in [-0.3, -0.25) is 13.9 Å². The van der Waals surface area contributed by atoms with Gasteiger partial charge in [0.1, 0.15) is 18.3 Å². The zero-order chi connectivity index (χ0) is 30.1. The quantitative estimate of drug-likeness (QED) is 0.310. The van der Waals surface area contributed by atoms with Crippen LogP contribution >= 0.6 is 0 Å². The number of carbonyl (C=O) groups is 2. The number of aryl methyl sites for hydroxylation is 1. The van der Waals surface area contributed by atoms with E-state index in [9.17, 15) is 18.0 Å². The maximum absolute atomic E-state index is 14.2. The van der Waals surface area contributed by atoms with E-state index in [2.05, 4.69) is 5.32 Å². The van der Waals surface area contributed by atoms with E-state index >= 15 is 0 Å². The summed E-state index contributed by atoms with van der Waals surface area (Å²) in [4.78, 5) is 29.7. The minimum atomic E-state index is -3.81. The van der Waals surface area contributed by atoms with Crippen LogP contribution in [0.4, 0.5) is 5.69 Å². The van der Waals surface area contributed by atoms with E-state index in [1.54, 1.807) is 19.2 Å². The topological polar surface area (TPSA) is 96.0 Å². The van der Waals surface area contributed by atoms with E-state index in [1.807, 2.05) is 73.7 Å². The Morgan fingerprint density at radius 3 is 2.21 bits per heavy atom. The van der Waals surface area contributed by atoms with E-state index < -0.39 is 28.5 Å². The molecule has 1 aliphatic carbocycles. The Hall–Kier alpha value is -3.85. The molecule has 1 saturated carbocycles. The van der Waals surface area contributed by atoms with Crippen LogP contribution in [-0.2, 0) is 39.0 Å². The monoisotopic (exact) mass is 591 g/mol. The van der Waals surface area contributed by atoms with Crippen LogP contribution in [0.2, 0.25) is 0 Å². The summed E-state index contributed by atoms with van der Waals surface area (Å²) in [5.74, 6) is -0.0748. The molecule has 1 fully saturated rings. The molecule has 42 heavy (non-hydrogen) atoms. The van der Waals surface area contributed by atoms with Crippen LogP contribution in [0.5, 0.6) is 5.75 Å². The average Bonchev–Trinajstić information content (AvgIpc) is 3.50. The lowest BCUT2D eigenvalue weighted by atomic mass is 10.0. The normalized spacial score (nSPS) is 14.3. The van der Waals surface area contributed by atoms with Crippen molar-refractivity contribution in [3.05, 3.63) is 95.6 Å². The van der Waals surface area contributed by atoms with Crippen LogP contribution in [-0.4, -0.2) is 57.1 Å². The molecule has 0 spiro atoms. The van der Waals surface area contributed by atoms with Gasteiger partial charge in [-0.05, 0) is 60.2 Å². The molecular formula is C33H41N3O5S. The van der Waals surface area contributed by atoms with Gasteiger partial charge in [0.05, 0.1) is 19.1 Å². The van der Waals surface area contributed by atoms with Crippen molar-refractivity contribution in [2.75, 3.05) is 24.2 Å². The van der Waals surface area contributed by atoms with E-state index in [0.29, 0.717) is 17.9 Å². The minimum Gasteiger partial charge on any atom is -0.497 e. The molecule has 8 nitrogen and oxygen atoms in total. The summed E-state index contributed by atoms with van der Waals surface area (Å²) < 4.78 is 32.5. The summed E-state index contributed by atoms with van der Waals surface area (Å²) in [5, 5.41) is 3.18. The number of sulfonamides is 1. The first kappa shape index (κ1) is 31.1. The van der Waals surface area contributed by atoms with Crippen molar-refractivity contribution >= 4 is 27.5 Å². The molecule has 0 bridgehead atoms. The van der Waals surface area contributed by atoms with Gasteiger partial charge in [-0.1, -0.05) is 74.4 Å². The number of hydrogen-bond donors (Lipinski definition) is 1. The number of anilines is 1. The van der Waals surface area contributed by atoms with Crippen molar-refractivity contribution in [2.45, 2.75) is 64.1 Å². The van der Waals surface area contributed by atoms with Crippen LogP contribution in [0.1, 0.15) is 49.3 Å². The van der Waals surface area contributed by atoms with Crippen molar-refractivity contribution in [1.29, 1.82) is 0 Å². The van der Waals surface area contributed by atoms with Gasteiger partial charge in [0.25, 0.3) is 0 Å². The molecular weight excluding hydrogens is 550 g/mol. The first-order chi connectivity index (χ1) is 20.2. The Kier molecular flexibility index (Phi) is 10.6. The summed E-state index contributed by atoms with van der Waals surface area (Å²) in [6.07, 6.45) is 6.12. The first-order valence-corrected chi connectivity index (χ1v) is 16.4. The van der Waals surface area contributed by atoms with Gasteiger partial charge in [0.15, 0.2) is 0 Å². The van der Waals surface area contributed by atoms with Crippen molar-refractivity contribution in [3.8, 4) is 5.75 Å². The van der Waals surface area contributed by atoms with Gasteiger partial charge in [0.2, 0.25) is 21.8 Å². The second-order valence-electron chi connectivity index (χ2n) is 10.9. The van der Waals surface area contributed by atoms with Gasteiger partial charge >= 0.3 is 0 Å². The molecule has 1 atom stereocenters. The molecule has 2 amide bonds. The Balaban J connectivity index is 1.72. The van der Waals surface area contributed by atoms with Gasteiger partial charge in [-0.15, -0.1) is 0 Å². The third-order valence-corrected chi connectivity index (χ3v) is 8.91. The summed E-state index contributed by atoms with van der Waals surface area (Å²) in [7, 11) is -2.24. The smallest absolute Gasteiger partial charge is 0.244 e. The zero-order valence-electron chi connectivity index (χ0n) is 24.7. The predicted molar refractivity (Wildman–Crippen MR) is 166 cm³/mol. The second kappa shape index (κ2) is 14.4. The van der Waals surface area contributed by atoms with Crippen LogP contribution in [0.15, 0.2) is 78.9 Å². The SMILES string of the molecule is CCc1ccc(N(CC(=O)N(Cc2cccc(OC)c2)[C@@H](Cc2ccccc2)C(=O)NC2CCCC2)S(C)(=O)=O)cc1. The number of methoxy groups -OCH3 is 1. The number of ether oxygens (including phenoxy) is 1. The molecule has 3 aromatic rings. The highest BCUT2D eigenvalue weighted by Gasteiger charge is 2.34. The van der Waals surface area contributed by atoms with Gasteiger partial charge in [0, 0.05) is 19.0 Å². The van der Waals surface area contributed by atoms with Crippen LogP contribution in [0.25, 0.3) is 0 Å². The Labute approximate surface area is 249 Å². The number of amides is 2. The molecule has 1 aliphatic rings. The summed E-state index contributed by atoms with van der Waals surface area (Å²) in [6.45, 7) is 1.70. The molecule has 0 radical (unpaired) electrons. The number of nitrogens with one attached hydrogen (secondary N) is 1. The number of carbonyl (C=O) groups excluding carboxylic acids is 2. The lowest BCUT2D eigenvalue weighted by Crippen LogP contribution is -2.54. The van der Waals surface area contributed by atoms with Gasteiger partial charge in [-0.25, -0.2) is 8.42 Å². The molecule has 0 aromatic heterocycles. The lowest BCUT2D eigenvalue weighted by Gasteiger charge is -2.34. The molecule has 0 heterocycles. The average molecular weight is 592 g/mol. The van der Waals surface area contributed by atoms with E-state index in [0.717, 1.165) is 59.4 Å². The van der Waals surface area contributed by atoms with E-state index in [-0.39, 0.29) is 18.5 Å².